The number of hydrogen-bond donors (Lipinski definition) is 0. The fourth-order valence-electron chi connectivity index (χ4n) is 5.10. The van der Waals surface area contributed by atoms with Crippen LogP contribution in [-0.4, -0.2) is 88.8 Å². The molecule has 11 nitrogen and oxygen atoms in total. The van der Waals surface area contributed by atoms with Gasteiger partial charge in [-0.1, -0.05) is 25.5 Å². The highest BCUT2D eigenvalue weighted by Gasteiger charge is 2.65. The molecule has 17 heteroatoms. The number of rotatable bonds is 7. The number of halogens is 5. The molecule has 3 heterocycles. The Hall–Kier alpha value is -4.17. The van der Waals surface area contributed by atoms with Crippen LogP contribution < -0.4 is 4.90 Å². The van der Waals surface area contributed by atoms with Crippen LogP contribution in [0.2, 0.25) is 0 Å². The predicted molar refractivity (Wildman–Crippen MR) is 153 cm³/mol. The first kappa shape index (κ1) is 33.7. The summed E-state index contributed by atoms with van der Waals surface area (Å²) >= 11 is 0. The van der Waals surface area contributed by atoms with Crippen molar-refractivity contribution in [3.8, 4) is 6.19 Å². The molecular weight excluding hydrogens is 627 g/mol. The molecule has 2 fully saturated rings. The van der Waals surface area contributed by atoms with Gasteiger partial charge in [-0.25, -0.2) is 4.79 Å². The molecule has 2 aliphatic rings. The van der Waals surface area contributed by atoms with Crippen LogP contribution in [0.4, 0.5) is 29.9 Å². The second kappa shape index (κ2) is 11.3. The third-order valence-corrected chi connectivity index (χ3v) is 8.41. The smallest absolute Gasteiger partial charge is 0.411 e. The number of methoxy groups -OCH3 is 1. The minimum Gasteiger partial charge on any atom is -0.444 e. The average Bonchev–Trinajstić information content (AvgIpc) is 3.62. The summed E-state index contributed by atoms with van der Waals surface area (Å²) in [6, 6.07) is 1.83. The fraction of sp³-hybridized carbons (Fsp3) is 0.464. The van der Waals surface area contributed by atoms with Gasteiger partial charge in [0.1, 0.15) is 22.6 Å². The molecule has 3 amide bonds. The maximum Gasteiger partial charge on any atom is 0.411 e. The van der Waals surface area contributed by atoms with E-state index in [4.69, 9.17) is 9.47 Å². The Balaban J connectivity index is 1.80. The number of nitrogens with zero attached hydrogens (tertiary/aromatic N) is 6. The summed E-state index contributed by atoms with van der Waals surface area (Å²) in [5.41, 5.74) is -0.978. The highest BCUT2D eigenvalue weighted by molar-refractivity contribution is 8.45. The Morgan fingerprint density at radius 3 is 2.24 bits per heavy atom. The second-order valence-corrected chi connectivity index (χ2v) is 14.1. The Labute approximate surface area is 256 Å². The Morgan fingerprint density at radius 2 is 1.71 bits per heavy atom. The largest absolute Gasteiger partial charge is 0.444 e. The van der Waals surface area contributed by atoms with E-state index < -0.39 is 56.8 Å². The number of anilines is 1. The van der Waals surface area contributed by atoms with Crippen molar-refractivity contribution in [2.75, 3.05) is 38.3 Å². The predicted octanol–water partition coefficient (Wildman–Crippen LogP) is 5.42. The van der Waals surface area contributed by atoms with Crippen molar-refractivity contribution in [1.82, 2.24) is 19.7 Å². The number of ether oxygens (including phenoxy) is 2. The van der Waals surface area contributed by atoms with Crippen LogP contribution >= 0.6 is 10.2 Å². The number of nitriles is 1. The van der Waals surface area contributed by atoms with Crippen LogP contribution in [-0.2, 0) is 19.1 Å². The Morgan fingerprint density at radius 1 is 1.07 bits per heavy atom. The van der Waals surface area contributed by atoms with Crippen LogP contribution in [0.5, 0.6) is 0 Å². The van der Waals surface area contributed by atoms with Gasteiger partial charge in [0.15, 0.2) is 6.19 Å². The summed E-state index contributed by atoms with van der Waals surface area (Å²) in [5, 5.41) is 9.74. The topological polar surface area (TPSA) is 119 Å². The highest BCUT2D eigenvalue weighted by atomic mass is 32.5. The molecule has 2 aromatic rings. The van der Waals surface area contributed by atoms with Crippen LogP contribution in [0.3, 0.4) is 0 Å². The summed E-state index contributed by atoms with van der Waals surface area (Å²) in [6.45, 7) is 4.95. The number of hydrogen-bond acceptors (Lipinski definition) is 8. The molecular formula is C28H33F5N6O5S. The number of carbonyl (C=O) groups excluding carboxylic acids is 3. The Kier molecular flexibility index (Phi) is 8.48. The van der Waals surface area contributed by atoms with Crippen LogP contribution in [0.15, 0.2) is 53.7 Å². The highest BCUT2D eigenvalue weighted by Crippen LogP contribution is 3.02. The van der Waals surface area contributed by atoms with E-state index in [1.165, 1.54) is 41.4 Å². The molecule has 0 spiro atoms. The molecule has 3 atom stereocenters. The van der Waals surface area contributed by atoms with Crippen molar-refractivity contribution in [3.63, 3.8) is 0 Å². The van der Waals surface area contributed by atoms with Crippen LogP contribution in [0, 0.1) is 11.5 Å². The molecule has 1 aromatic heterocycles. The third-order valence-electron chi connectivity index (χ3n) is 7.24. The molecule has 45 heavy (non-hydrogen) atoms. The molecule has 0 N–H and O–H groups in total. The van der Waals surface area contributed by atoms with Crippen molar-refractivity contribution in [3.05, 3.63) is 54.4 Å². The first-order valence-electron chi connectivity index (χ1n) is 13.8. The molecule has 2 aliphatic heterocycles. The van der Waals surface area contributed by atoms with Gasteiger partial charge in [-0.2, -0.15) is 5.26 Å². The summed E-state index contributed by atoms with van der Waals surface area (Å²) < 4.78 is 78.6. The quantitative estimate of drug-likeness (QED) is 0.285. The SMILES string of the molecule is COC1CC(C(=O)N(c2ccc(S(F)(F)(F)(F)F)cc2)C(C(=O)N2CCN(C(=O)OC(C)(C)C)C2)c2cccnc2)N(C#N)C1. The van der Waals surface area contributed by atoms with E-state index in [0.717, 1.165) is 9.80 Å². The van der Waals surface area contributed by atoms with Crippen LogP contribution in [0.1, 0.15) is 38.8 Å². The molecule has 0 radical (unpaired) electrons. The maximum atomic E-state index is 14.3. The number of likely N-dealkylation sites (tertiary alicyclic amines) is 1. The maximum absolute atomic E-state index is 14.3. The monoisotopic (exact) mass is 660 g/mol. The van der Waals surface area contributed by atoms with Gasteiger partial charge in [0.05, 0.1) is 19.3 Å². The standard InChI is InChI=1S/C28H33F5N6O5S/c1-28(2,3)44-27(42)37-13-12-36(18-37)26(41)24(19-6-5-11-35-15-19)39(25(40)23-14-21(43-4)16-38(23)17-34)20-7-9-22(10-8-20)45(29,30,31,32)33/h5-11,15,21,23-24H,12-14,16,18H2,1-4H3. The lowest BCUT2D eigenvalue weighted by Gasteiger charge is -2.41. The van der Waals surface area contributed by atoms with E-state index in [1.54, 1.807) is 20.8 Å². The number of carbonyl (C=O) groups is 3. The van der Waals surface area contributed by atoms with Gasteiger partial charge in [-0.3, -0.25) is 29.3 Å². The lowest BCUT2D eigenvalue weighted by molar-refractivity contribution is -0.135. The van der Waals surface area contributed by atoms with Crippen molar-refractivity contribution in [1.29, 1.82) is 5.26 Å². The molecule has 0 saturated carbocycles. The third kappa shape index (κ3) is 7.74. The molecule has 0 aliphatic carbocycles. The van der Waals surface area contributed by atoms with Gasteiger partial charge in [0.2, 0.25) is 0 Å². The molecule has 2 saturated heterocycles. The van der Waals surface area contributed by atoms with E-state index in [0.29, 0.717) is 12.1 Å². The number of amides is 3. The summed E-state index contributed by atoms with van der Waals surface area (Å²) in [4.78, 5) is 47.6. The van der Waals surface area contributed by atoms with E-state index in [9.17, 15) is 39.1 Å². The van der Waals surface area contributed by atoms with Gasteiger partial charge in [0, 0.05) is 50.3 Å². The van der Waals surface area contributed by atoms with Crippen molar-refractivity contribution >= 4 is 33.8 Å². The zero-order valence-electron chi connectivity index (χ0n) is 24.9. The lowest BCUT2D eigenvalue weighted by atomic mass is 10.0. The van der Waals surface area contributed by atoms with Gasteiger partial charge >= 0.3 is 16.3 Å². The molecule has 3 unspecified atom stereocenters. The van der Waals surface area contributed by atoms with Gasteiger partial charge in [0.25, 0.3) is 11.8 Å². The number of benzene rings is 1. The zero-order valence-corrected chi connectivity index (χ0v) is 25.7. The van der Waals surface area contributed by atoms with E-state index in [1.807, 2.05) is 6.19 Å². The molecule has 4 rings (SSSR count). The van der Waals surface area contributed by atoms with Crippen molar-refractivity contribution in [2.45, 2.75) is 55.9 Å². The normalized spacial score (nSPS) is 21.0. The van der Waals surface area contributed by atoms with E-state index >= 15 is 0 Å². The second-order valence-electron chi connectivity index (χ2n) is 11.7. The van der Waals surface area contributed by atoms with Gasteiger partial charge < -0.3 is 14.4 Å². The number of aromatic nitrogens is 1. The molecule has 246 valence electrons. The summed E-state index contributed by atoms with van der Waals surface area (Å²) in [7, 11) is -8.69. The van der Waals surface area contributed by atoms with Crippen molar-refractivity contribution < 1.29 is 43.3 Å². The van der Waals surface area contributed by atoms with E-state index in [2.05, 4.69) is 4.98 Å². The first-order valence-corrected chi connectivity index (χ1v) is 15.7. The average molecular weight is 661 g/mol. The number of pyridine rings is 1. The molecule has 1 aromatic carbocycles. The molecule has 0 bridgehead atoms. The zero-order chi connectivity index (χ0) is 33.4. The fourth-order valence-corrected chi connectivity index (χ4v) is 5.75. The first-order chi connectivity index (χ1) is 20.7. The van der Waals surface area contributed by atoms with Gasteiger partial charge in [-0.15, -0.1) is 0 Å². The summed E-state index contributed by atoms with van der Waals surface area (Å²) in [6.07, 6.45) is 3.35. The minimum absolute atomic E-state index is 0.00697. The van der Waals surface area contributed by atoms with Gasteiger partial charge in [-0.05, 0) is 51.1 Å². The Bertz CT molecular complexity index is 1490. The van der Waals surface area contributed by atoms with E-state index in [-0.39, 0.29) is 56.1 Å². The summed E-state index contributed by atoms with van der Waals surface area (Å²) in [5.74, 6) is -1.59. The van der Waals surface area contributed by atoms with Crippen molar-refractivity contribution in [2.24, 2.45) is 0 Å². The van der Waals surface area contributed by atoms with Crippen LogP contribution in [0.25, 0.3) is 0 Å². The lowest BCUT2D eigenvalue weighted by Crippen LogP contribution is -2.51. The minimum atomic E-state index is -10.1.